The molecule has 0 aliphatic rings. The number of rotatable bonds is 0. The summed E-state index contributed by atoms with van der Waals surface area (Å²) < 4.78 is 0. The zero-order valence-electron chi connectivity index (χ0n) is 13.8. The smallest absolute Gasteiger partial charge is 0.0771 e. The van der Waals surface area contributed by atoms with E-state index in [2.05, 4.69) is 67.7 Å². The van der Waals surface area contributed by atoms with Gasteiger partial charge >= 0.3 is 37.9 Å². The van der Waals surface area contributed by atoms with Crippen molar-refractivity contribution in [2.45, 2.75) is 13.1 Å². The molecule has 0 N–H and O–H groups in total. The maximum absolute atomic E-state index is 4.93. The second kappa shape index (κ2) is 13.6. The van der Waals surface area contributed by atoms with Crippen molar-refractivity contribution in [3.63, 3.8) is 0 Å². The monoisotopic (exact) mass is 448 g/mol. The van der Waals surface area contributed by atoms with Gasteiger partial charge in [0.1, 0.15) is 0 Å². The third kappa shape index (κ3) is 7.49. The fourth-order valence-electron chi connectivity index (χ4n) is 2.22. The number of fused-ring (bicyclic) bond motifs is 3. The summed E-state index contributed by atoms with van der Waals surface area (Å²) in [7, 11) is 11.0. The molecule has 4 aromatic carbocycles. The van der Waals surface area contributed by atoms with E-state index >= 15 is 0 Å². The van der Waals surface area contributed by atoms with Gasteiger partial charge in [0.2, 0.25) is 0 Å². The van der Waals surface area contributed by atoms with Gasteiger partial charge < -0.3 is 0 Å². The zero-order chi connectivity index (χ0) is 17.6. The standard InChI is InChI=1S/C13H9.C5H5.C2H6Si.2ClH.Zr/c1-3-7-12-10(5-1)9-11-6-2-4-8-13(11)12;1-2-4-5-3-1;1-3-2;;;/h1-9H;1-5H;1-2H3;2*1H;/q2*-1;;;;+4/p-2. The van der Waals surface area contributed by atoms with Crippen LogP contribution in [0.4, 0.5) is 0 Å². The number of hydrogen-bond acceptors (Lipinski definition) is 0. The molecule has 0 amide bonds. The van der Waals surface area contributed by atoms with Gasteiger partial charge in [-0.05, 0) is 0 Å². The summed E-state index contributed by atoms with van der Waals surface area (Å²) in [6.45, 7) is 4.31. The van der Waals surface area contributed by atoms with E-state index in [0.29, 0.717) is 0 Å². The quantitative estimate of drug-likeness (QED) is 0.195. The number of benzene rings is 2. The summed E-state index contributed by atoms with van der Waals surface area (Å²) in [5.41, 5.74) is 0. The van der Waals surface area contributed by atoms with Crippen molar-refractivity contribution in [3.8, 4) is 0 Å². The summed E-state index contributed by atoms with van der Waals surface area (Å²) in [4.78, 5) is 0. The molecule has 2 radical (unpaired) electrons. The van der Waals surface area contributed by atoms with Crippen LogP contribution < -0.4 is 0 Å². The van der Waals surface area contributed by atoms with Gasteiger partial charge in [0.05, 0.1) is 0 Å². The molecule has 0 aliphatic carbocycles. The molecular formula is C20H20Cl2SiZr. The third-order valence-corrected chi connectivity index (χ3v) is 3.08. The fraction of sp³-hybridized carbons (Fsp3) is 0.100. The van der Waals surface area contributed by atoms with Gasteiger partial charge in [0.25, 0.3) is 0 Å². The minimum Gasteiger partial charge on any atom is -0.214 e. The minimum absolute atomic E-state index is 0.826. The van der Waals surface area contributed by atoms with Crippen LogP contribution in [0.2, 0.25) is 13.1 Å². The van der Waals surface area contributed by atoms with Gasteiger partial charge in [-0.15, -0.1) is 39.7 Å². The average molecular weight is 451 g/mol. The molecule has 0 atom stereocenters. The number of hydrogen-bond donors (Lipinski definition) is 0. The largest absolute Gasteiger partial charge is 0.214 e. The molecule has 0 nitrogen and oxygen atoms in total. The molecule has 122 valence electrons. The molecule has 0 aliphatic heterocycles. The summed E-state index contributed by atoms with van der Waals surface area (Å²) in [5, 5.41) is 5.39. The predicted octanol–water partition coefficient (Wildman–Crippen LogP) is 7.28. The molecule has 4 rings (SSSR count). The van der Waals surface area contributed by atoms with Crippen LogP contribution in [-0.2, 0) is 20.8 Å². The Morgan fingerprint density at radius 2 is 1.12 bits per heavy atom. The normalized spacial score (nSPS) is 8.83. The van der Waals surface area contributed by atoms with Gasteiger partial charge in [-0.1, -0.05) is 49.5 Å². The molecule has 0 spiro atoms. The van der Waals surface area contributed by atoms with Crippen molar-refractivity contribution in [3.05, 3.63) is 84.9 Å². The Bertz CT molecular complexity index is 709. The van der Waals surface area contributed by atoms with Crippen molar-refractivity contribution in [2.24, 2.45) is 0 Å². The summed E-state index contributed by atoms with van der Waals surface area (Å²) in [6, 6.07) is 29.3. The Labute approximate surface area is 166 Å². The third-order valence-electron chi connectivity index (χ3n) is 3.08. The molecule has 24 heavy (non-hydrogen) atoms. The summed E-state index contributed by atoms with van der Waals surface area (Å²) in [6.07, 6.45) is 0. The van der Waals surface area contributed by atoms with Crippen LogP contribution in [0.15, 0.2) is 84.9 Å². The summed E-state index contributed by atoms with van der Waals surface area (Å²) in [5.74, 6) is 0. The van der Waals surface area contributed by atoms with E-state index in [1.165, 1.54) is 21.5 Å². The van der Waals surface area contributed by atoms with Crippen molar-refractivity contribution in [2.75, 3.05) is 0 Å². The molecule has 0 bridgehead atoms. The Hall–Kier alpha value is -0.660. The van der Waals surface area contributed by atoms with Gasteiger partial charge in [-0.25, -0.2) is 12.1 Å². The van der Waals surface area contributed by atoms with Gasteiger partial charge in [0, 0.05) is 9.52 Å². The first-order chi connectivity index (χ1) is 11.8. The van der Waals surface area contributed by atoms with Crippen molar-refractivity contribution in [1.82, 2.24) is 0 Å². The van der Waals surface area contributed by atoms with Crippen LogP contribution >= 0.6 is 17.0 Å². The van der Waals surface area contributed by atoms with Crippen LogP contribution in [0.3, 0.4) is 0 Å². The van der Waals surface area contributed by atoms with E-state index in [4.69, 9.17) is 17.0 Å². The second-order valence-corrected chi connectivity index (χ2v) is 9.58. The first-order valence-electron chi connectivity index (χ1n) is 7.53. The Morgan fingerprint density at radius 1 is 0.750 bits per heavy atom. The van der Waals surface area contributed by atoms with Gasteiger partial charge in [-0.3, -0.25) is 0 Å². The van der Waals surface area contributed by atoms with Crippen LogP contribution in [0.1, 0.15) is 0 Å². The topological polar surface area (TPSA) is 0 Å². The second-order valence-electron chi connectivity index (χ2n) is 4.85. The Balaban J connectivity index is 0.000000218. The van der Waals surface area contributed by atoms with E-state index in [1.807, 2.05) is 30.3 Å². The molecular weight excluding hydrogens is 430 g/mol. The molecule has 0 aromatic heterocycles. The van der Waals surface area contributed by atoms with E-state index in [0.717, 1.165) is 9.52 Å². The molecule has 4 heteroatoms. The van der Waals surface area contributed by atoms with Gasteiger partial charge in [0.15, 0.2) is 0 Å². The first kappa shape index (κ1) is 21.4. The van der Waals surface area contributed by atoms with Crippen LogP contribution in [0, 0.1) is 0 Å². The van der Waals surface area contributed by atoms with Crippen LogP contribution in [0.25, 0.3) is 21.5 Å². The number of halogens is 2. The van der Waals surface area contributed by atoms with E-state index in [1.54, 1.807) is 0 Å². The molecule has 0 saturated heterocycles. The maximum Gasteiger partial charge on any atom is -0.0771 e. The first-order valence-corrected chi connectivity index (χ1v) is 15.9. The molecule has 0 fully saturated rings. The minimum atomic E-state index is -0.826. The molecule has 4 aromatic rings. The van der Waals surface area contributed by atoms with E-state index in [9.17, 15) is 0 Å². The molecule has 0 unspecified atom stereocenters. The van der Waals surface area contributed by atoms with E-state index < -0.39 is 20.8 Å². The SMILES string of the molecule is C[Si]C.[Cl][Zr+2][Cl].c1cc[cH-]c1.c1ccc2c(c1)[cH-]c1ccccc12. The molecule has 0 saturated carbocycles. The Kier molecular flexibility index (Phi) is 12.1. The summed E-state index contributed by atoms with van der Waals surface area (Å²) >= 11 is -0.826. The van der Waals surface area contributed by atoms with Crippen molar-refractivity contribution in [1.29, 1.82) is 0 Å². The maximum atomic E-state index is 4.93. The predicted molar refractivity (Wildman–Crippen MR) is 108 cm³/mol. The molecule has 0 heterocycles. The average Bonchev–Trinajstić information content (AvgIpc) is 3.28. The Morgan fingerprint density at radius 3 is 1.46 bits per heavy atom. The fourth-order valence-corrected chi connectivity index (χ4v) is 2.22. The van der Waals surface area contributed by atoms with Crippen molar-refractivity contribution < 1.29 is 20.8 Å². The van der Waals surface area contributed by atoms with Gasteiger partial charge in [-0.2, -0.15) is 18.2 Å². The van der Waals surface area contributed by atoms with Crippen LogP contribution in [-0.4, -0.2) is 9.52 Å². The van der Waals surface area contributed by atoms with Crippen molar-refractivity contribution >= 4 is 48.1 Å². The zero-order valence-corrected chi connectivity index (χ0v) is 18.8. The van der Waals surface area contributed by atoms with Crippen LogP contribution in [0.5, 0.6) is 0 Å². The van der Waals surface area contributed by atoms with E-state index in [-0.39, 0.29) is 0 Å².